The van der Waals surface area contributed by atoms with E-state index in [0.717, 1.165) is 17.9 Å². The molecule has 150 valence electrons. The first-order valence-electron chi connectivity index (χ1n) is 7.83. The van der Waals surface area contributed by atoms with Crippen molar-refractivity contribution in [3.63, 3.8) is 0 Å². The van der Waals surface area contributed by atoms with Crippen molar-refractivity contribution < 1.29 is 22.7 Å². The topological polar surface area (TPSA) is 80.8 Å². The van der Waals surface area contributed by atoms with Gasteiger partial charge in [0.05, 0.1) is 25.5 Å². The van der Waals surface area contributed by atoms with Gasteiger partial charge in [-0.15, -0.1) is 0 Å². The standard InChI is InChI=1S/C18H16Cl3NO5S/c1-22(9-11-3-5-13(19)15(21)7-11)17(23)10-27-18(24)12-4-6-14(20)16(8-12)28(2,25)26/h3-8H,9-10H2,1-2H3. The molecule has 0 heterocycles. The molecule has 1 amide bonds. The molecule has 2 aromatic rings. The monoisotopic (exact) mass is 463 g/mol. The lowest BCUT2D eigenvalue weighted by Gasteiger charge is -2.17. The predicted octanol–water partition coefficient (Wildman–Crippen LogP) is 3.87. The van der Waals surface area contributed by atoms with E-state index < -0.39 is 28.3 Å². The summed E-state index contributed by atoms with van der Waals surface area (Å²) in [5.74, 6) is -1.28. The van der Waals surface area contributed by atoms with Gasteiger partial charge in [0.25, 0.3) is 5.91 Å². The van der Waals surface area contributed by atoms with Crippen LogP contribution in [0.1, 0.15) is 15.9 Å². The molecule has 0 saturated carbocycles. The number of sulfone groups is 1. The van der Waals surface area contributed by atoms with E-state index in [4.69, 9.17) is 39.5 Å². The molecule has 0 atom stereocenters. The van der Waals surface area contributed by atoms with Crippen LogP contribution >= 0.6 is 34.8 Å². The lowest BCUT2D eigenvalue weighted by molar-refractivity contribution is -0.133. The fourth-order valence-electron chi connectivity index (χ4n) is 2.24. The maximum atomic E-state index is 12.2. The number of amides is 1. The van der Waals surface area contributed by atoms with Gasteiger partial charge in [0.2, 0.25) is 0 Å². The van der Waals surface area contributed by atoms with Crippen LogP contribution in [0.2, 0.25) is 15.1 Å². The Bertz CT molecular complexity index is 1020. The van der Waals surface area contributed by atoms with E-state index in [1.807, 2.05) is 0 Å². The van der Waals surface area contributed by atoms with Crippen molar-refractivity contribution >= 4 is 56.5 Å². The van der Waals surface area contributed by atoms with Crippen molar-refractivity contribution in [2.45, 2.75) is 11.4 Å². The van der Waals surface area contributed by atoms with Gasteiger partial charge in [-0.1, -0.05) is 40.9 Å². The van der Waals surface area contributed by atoms with E-state index in [9.17, 15) is 18.0 Å². The van der Waals surface area contributed by atoms with Crippen LogP contribution in [0.3, 0.4) is 0 Å². The molecule has 0 fully saturated rings. The SMILES string of the molecule is CN(Cc1ccc(Cl)c(Cl)c1)C(=O)COC(=O)c1ccc(Cl)c(S(C)(=O)=O)c1. The highest BCUT2D eigenvalue weighted by Crippen LogP contribution is 2.24. The van der Waals surface area contributed by atoms with E-state index in [2.05, 4.69) is 0 Å². The Morgan fingerprint density at radius 1 is 1.00 bits per heavy atom. The summed E-state index contributed by atoms with van der Waals surface area (Å²) in [5, 5.41) is 0.775. The molecule has 0 aliphatic carbocycles. The molecule has 0 radical (unpaired) electrons. The second kappa shape index (κ2) is 9.13. The second-order valence-corrected chi connectivity index (χ2v) is 9.20. The zero-order valence-corrected chi connectivity index (χ0v) is 18.0. The van der Waals surface area contributed by atoms with Gasteiger partial charge in [0, 0.05) is 19.8 Å². The van der Waals surface area contributed by atoms with Crippen LogP contribution < -0.4 is 0 Å². The van der Waals surface area contributed by atoms with Crippen LogP contribution in [0.4, 0.5) is 0 Å². The Morgan fingerprint density at radius 3 is 2.25 bits per heavy atom. The van der Waals surface area contributed by atoms with E-state index in [-0.39, 0.29) is 22.0 Å². The zero-order chi connectivity index (χ0) is 21.1. The molecule has 0 unspecified atom stereocenters. The second-order valence-electron chi connectivity index (χ2n) is 5.99. The minimum absolute atomic E-state index is 0.00325. The van der Waals surface area contributed by atoms with Gasteiger partial charge >= 0.3 is 5.97 Å². The number of ether oxygens (including phenoxy) is 1. The van der Waals surface area contributed by atoms with Crippen LogP contribution in [-0.2, 0) is 25.9 Å². The van der Waals surface area contributed by atoms with Crippen molar-refractivity contribution in [1.29, 1.82) is 0 Å². The smallest absolute Gasteiger partial charge is 0.338 e. The number of nitrogens with zero attached hydrogens (tertiary/aromatic N) is 1. The van der Waals surface area contributed by atoms with E-state index in [1.54, 1.807) is 25.2 Å². The van der Waals surface area contributed by atoms with E-state index in [1.165, 1.54) is 17.0 Å². The van der Waals surface area contributed by atoms with Gasteiger partial charge < -0.3 is 9.64 Å². The maximum Gasteiger partial charge on any atom is 0.338 e. The first-order valence-corrected chi connectivity index (χ1v) is 10.9. The third-order valence-corrected chi connectivity index (χ3v) is 6.04. The van der Waals surface area contributed by atoms with Gasteiger partial charge in [-0.25, -0.2) is 13.2 Å². The van der Waals surface area contributed by atoms with Crippen LogP contribution in [0.25, 0.3) is 0 Å². The molecule has 0 saturated heterocycles. The zero-order valence-electron chi connectivity index (χ0n) is 14.9. The Hall–Kier alpha value is -1.80. The summed E-state index contributed by atoms with van der Waals surface area (Å²) in [4.78, 5) is 25.5. The predicted molar refractivity (Wildman–Crippen MR) is 108 cm³/mol. The summed E-state index contributed by atoms with van der Waals surface area (Å²) in [6.45, 7) is -0.264. The third kappa shape index (κ3) is 5.85. The number of hydrogen-bond acceptors (Lipinski definition) is 5. The maximum absolute atomic E-state index is 12.2. The summed E-state index contributed by atoms with van der Waals surface area (Å²) < 4.78 is 28.4. The van der Waals surface area contributed by atoms with Gasteiger partial charge in [-0.2, -0.15) is 0 Å². The number of benzene rings is 2. The number of esters is 1. The Kier molecular flexibility index (Phi) is 7.33. The van der Waals surface area contributed by atoms with Gasteiger partial charge in [0.15, 0.2) is 16.4 Å². The summed E-state index contributed by atoms with van der Waals surface area (Å²) in [6, 6.07) is 8.71. The fourth-order valence-corrected chi connectivity index (χ4v) is 3.86. The van der Waals surface area contributed by atoms with Gasteiger partial charge in [-0.05, 0) is 35.9 Å². The normalized spacial score (nSPS) is 11.2. The number of rotatable bonds is 6. The summed E-state index contributed by atoms with van der Waals surface area (Å²) >= 11 is 17.6. The van der Waals surface area contributed by atoms with Gasteiger partial charge in [0.1, 0.15) is 0 Å². The Balaban J connectivity index is 2.00. The first kappa shape index (κ1) is 22.5. The van der Waals surface area contributed by atoms with Crippen molar-refractivity contribution in [1.82, 2.24) is 4.90 Å². The van der Waals surface area contributed by atoms with Crippen molar-refractivity contribution in [2.24, 2.45) is 0 Å². The Morgan fingerprint density at radius 2 is 1.64 bits per heavy atom. The summed E-state index contributed by atoms with van der Waals surface area (Å²) in [5.41, 5.74) is 0.733. The number of carbonyl (C=O) groups excluding carboxylic acids is 2. The highest BCUT2D eigenvalue weighted by atomic mass is 35.5. The average molecular weight is 465 g/mol. The van der Waals surface area contributed by atoms with Crippen molar-refractivity contribution in [3.8, 4) is 0 Å². The molecule has 2 rings (SSSR count). The lowest BCUT2D eigenvalue weighted by atomic mass is 10.2. The molecule has 0 bridgehead atoms. The van der Waals surface area contributed by atoms with E-state index in [0.29, 0.717) is 10.0 Å². The lowest BCUT2D eigenvalue weighted by Crippen LogP contribution is -2.30. The van der Waals surface area contributed by atoms with Crippen LogP contribution in [0, 0.1) is 0 Å². The molecule has 0 aromatic heterocycles. The third-order valence-electron chi connectivity index (χ3n) is 3.72. The minimum Gasteiger partial charge on any atom is -0.452 e. The molecule has 2 aromatic carbocycles. The summed E-state index contributed by atoms with van der Waals surface area (Å²) in [6.07, 6.45) is 0.977. The summed E-state index contributed by atoms with van der Waals surface area (Å²) in [7, 11) is -2.07. The Labute approximate surface area is 177 Å². The van der Waals surface area contributed by atoms with Crippen molar-refractivity contribution in [2.75, 3.05) is 19.9 Å². The number of carbonyl (C=O) groups is 2. The number of likely N-dealkylation sites (N-methyl/N-ethyl adjacent to an activating group) is 1. The van der Waals surface area contributed by atoms with Gasteiger partial charge in [-0.3, -0.25) is 4.79 Å². The largest absolute Gasteiger partial charge is 0.452 e. The van der Waals surface area contributed by atoms with Crippen LogP contribution in [-0.4, -0.2) is 45.1 Å². The van der Waals surface area contributed by atoms with Crippen LogP contribution in [0.5, 0.6) is 0 Å². The van der Waals surface area contributed by atoms with Crippen molar-refractivity contribution in [3.05, 3.63) is 62.6 Å². The quantitative estimate of drug-likeness (QED) is 0.606. The average Bonchev–Trinajstić information content (AvgIpc) is 2.61. The highest BCUT2D eigenvalue weighted by molar-refractivity contribution is 7.90. The molecular weight excluding hydrogens is 449 g/mol. The molecule has 6 nitrogen and oxygen atoms in total. The molecule has 0 N–H and O–H groups in total. The fraction of sp³-hybridized carbons (Fsp3) is 0.222. The molecule has 0 aliphatic heterocycles. The molecule has 28 heavy (non-hydrogen) atoms. The van der Waals surface area contributed by atoms with Crippen LogP contribution in [0.15, 0.2) is 41.3 Å². The van der Waals surface area contributed by atoms with E-state index >= 15 is 0 Å². The number of halogens is 3. The molecule has 0 spiro atoms. The minimum atomic E-state index is -3.61. The number of hydrogen-bond donors (Lipinski definition) is 0. The molecule has 10 heteroatoms. The highest BCUT2D eigenvalue weighted by Gasteiger charge is 2.18. The molecular formula is C18H16Cl3NO5S. The molecule has 0 aliphatic rings. The first-order chi connectivity index (χ1) is 13.0.